The fourth-order valence-electron chi connectivity index (χ4n) is 1.37. The van der Waals surface area contributed by atoms with Crippen LogP contribution < -0.4 is 0 Å². The Labute approximate surface area is 115 Å². The van der Waals surface area contributed by atoms with Crippen molar-refractivity contribution in [2.24, 2.45) is 0 Å². The van der Waals surface area contributed by atoms with Crippen LogP contribution in [0, 0.1) is 0 Å². The first kappa shape index (κ1) is 13.5. The zero-order valence-corrected chi connectivity index (χ0v) is 12.3. The van der Waals surface area contributed by atoms with Crippen LogP contribution in [0.25, 0.3) is 0 Å². The lowest BCUT2D eigenvalue weighted by Crippen LogP contribution is -2.21. The maximum absolute atomic E-state index is 11.9. The van der Waals surface area contributed by atoms with Crippen molar-refractivity contribution >= 4 is 33.0 Å². The Bertz CT molecular complexity index is 646. The monoisotopic (exact) mass is 305 g/mol. The van der Waals surface area contributed by atoms with Gasteiger partial charge in [-0.2, -0.15) is 5.10 Å². The second-order valence-electron chi connectivity index (χ2n) is 3.87. The highest BCUT2D eigenvalue weighted by atomic mass is 35.5. The maximum atomic E-state index is 11.9. The molecule has 18 heavy (non-hydrogen) atoms. The average molecular weight is 306 g/mol. The molecule has 2 heterocycles. The van der Waals surface area contributed by atoms with Gasteiger partial charge in [0.2, 0.25) is 10.0 Å². The number of halogens is 1. The van der Waals surface area contributed by atoms with E-state index in [0.717, 1.165) is 9.18 Å². The van der Waals surface area contributed by atoms with Crippen LogP contribution in [0.15, 0.2) is 29.4 Å². The lowest BCUT2D eigenvalue weighted by Gasteiger charge is -2.08. The Morgan fingerprint density at radius 1 is 1.44 bits per heavy atom. The summed E-state index contributed by atoms with van der Waals surface area (Å²) in [6.07, 6.45) is 2.87. The second-order valence-corrected chi connectivity index (χ2v) is 7.82. The van der Waals surface area contributed by atoms with Crippen molar-refractivity contribution in [3.63, 3.8) is 0 Å². The third-order valence-electron chi connectivity index (χ3n) is 2.33. The molecular weight excluding hydrogens is 294 g/mol. The molecular formula is C10H12ClN3O2S2. The molecule has 0 bridgehead atoms. The molecule has 0 saturated heterocycles. The van der Waals surface area contributed by atoms with Crippen molar-refractivity contribution in [2.45, 2.75) is 11.4 Å². The topological polar surface area (TPSA) is 55.2 Å². The fourth-order valence-corrected chi connectivity index (χ4v) is 3.31. The largest absolute Gasteiger partial charge is 0.266 e. The number of nitrogens with zero attached hydrogens (tertiary/aromatic N) is 3. The third-order valence-corrected chi connectivity index (χ3v) is 5.32. The summed E-state index contributed by atoms with van der Waals surface area (Å²) in [7, 11) is -0.432. The van der Waals surface area contributed by atoms with Crippen molar-refractivity contribution in [1.29, 1.82) is 0 Å². The lowest BCUT2D eigenvalue weighted by atomic mass is 10.5. The van der Waals surface area contributed by atoms with Crippen molar-refractivity contribution < 1.29 is 8.42 Å². The minimum absolute atomic E-state index is 0.190. The van der Waals surface area contributed by atoms with Crippen LogP contribution in [-0.4, -0.2) is 36.6 Å². The van der Waals surface area contributed by atoms with Crippen molar-refractivity contribution in [2.75, 3.05) is 14.1 Å². The first-order valence-electron chi connectivity index (χ1n) is 5.09. The van der Waals surface area contributed by atoms with Gasteiger partial charge in [0.05, 0.1) is 17.1 Å². The van der Waals surface area contributed by atoms with E-state index >= 15 is 0 Å². The molecule has 0 spiro atoms. The van der Waals surface area contributed by atoms with Gasteiger partial charge >= 0.3 is 0 Å². The van der Waals surface area contributed by atoms with Crippen molar-refractivity contribution in [1.82, 2.24) is 14.1 Å². The minimum atomic E-state index is -3.42. The molecule has 2 rings (SSSR count). The highest BCUT2D eigenvalue weighted by Crippen LogP contribution is 2.22. The van der Waals surface area contributed by atoms with Gasteiger partial charge in [0.1, 0.15) is 4.90 Å². The molecule has 2 aromatic heterocycles. The van der Waals surface area contributed by atoms with Gasteiger partial charge in [0.15, 0.2) is 0 Å². The SMILES string of the molecule is CN(C)S(=O)(=O)c1cnn(Cc2ccc(Cl)s2)c1. The number of rotatable bonds is 4. The van der Waals surface area contributed by atoms with Gasteiger partial charge in [-0.1, -0.05) is 11.6 Å². The Morgan fingerprint density at radius 3 is 2.72 bits per heavy atom. The van der Waals surface area contributed by atoms with Gasteiger partial charge in [0.25, 0.3) is 0 Å². The molecule has 2 aromatic rings. The van der Waals surface area contributed by atoms with E-state index in [4.69, 9.17) is 11.6 Å². The van der Waals surface area contributed by atoms with Gasteiger partial charge in [-0.25, -0.2) is 12.7 Å². The van der Waals surface area contributed by atoms with Crippen LogP contribution in [0.4, 0.5) is 0 Å². The highest BCUT2D eigenvalue weighted by Gasteiger charge is 2.19. The Hall–Kier alpha value is -0.890. The summed E-state index contributed by atoms with van der Waals surface area (Å²) >= 11 is 7.28. The quantitative estimate of drug-likeness (QED) is 0.867. The summed E-state index contributed by atoms with van der Waals surface area (Å²) in [5.41, 5.74) is 0. The number of sulfonamides is 1. The van der Waals surface area contributed by atoms with E-state index < -0.39 is 10.0 Å². The van der Waals surface area contributed by atoms with Gasteiger partial charge in [0, 0.05) is 25.2 Å². The smallest absolute Gasteiger partial charge is 0.245 e. The molecule has 0 fully saturated rings. The molecule has 0 amide bonds. The summed E-state index contributed by atoms with van der Waals surface area (Å²) in [6.45, 7) is 0.514. The summed E-state index contributed by atoms with van der Waals surface area (Å²) in [5.74, 6) is 0. The van der Waals surface area contributed by atoms with Gasteiger partial charge in [-0.3, -0.25) is 4.68 Å². The van der Waals surface area contributed by atoms with Crippen molar-refractivity contribution in [3.05, 3.63) is 33.7 Å². The van der Waals surface area contributed by atoms with Crippen LogP contribution in [0.5, 0.6) is 0 Å². The normalized spacial score (nSPS) is 12.2. The summed E-state index contributed by atoms with van der Waals surface area (Å²) in [5, 5.41) is 4.04. The molecule has 8 heteroatoms. The number of thiophene rings is 1. The van der Waals surface area contributed by atoms with Crippen molar-refractivity contribution in [3.8, 4) is 0 Å². The van der Waals surface area contributed by atoms with E-state index in [1.807, 2.05) is 12.1 Å². The van der Waals surface area contributed by atoms with Crippen LogP contribution in [0.3, 0.4) is 0 Å². The first-order chi connectivity index (χ1) is 8.39. The molecule has 98 valence electrons. The Morgan fingerprint density at radius 2 is 2.17 bits per heavy atom. The highest BCUT2D eigenvalue weighted by molar-refractivity contribution is 7.89. The molecule has 0 aliphatic heterocycles. The number of aromatic nitrogens is 2. The molecule has 0 N–H and O–H groups in total. The van der Waals surface area contributed by atoms with E-state index in [1.165, 1.54) is 37.8 Å². The fraction of sp³-hybridized carbons (Fsp3) is 0.300. The number of hydrogen-bond acceptors (Lipinski definition) is 4. The molecule has 0 atom stereocenters. The summed E-state index contributed by atoms with van der Waals surface area (Å²) in [6, 6.07) is 3.71. The predicted molar refractivity (Wildman–Crippen MR) is 71.5 cm³/mol. The molecule has 0 aromatic carbocycles. The van der Waals surface area contributed by atoms with Gasteiger partial charge in [-0.15, -0.1) is 11.3 Å². The summed E-state index contributed by atoms with van der Waals surface area (Å²) in [4.78, 5) is 1.21. The van der Waals surface area contributed by atoms with E-state index in [-0.39, 0.29) is 4.90 Å². The summed E-state index contributed by atoms with van der Waals surface area (Å²) < 4.78 is 27.2. The molecule has 0 saturated carbocycles. The van der Waals surface area contributed by atoms with Crippen LogP contribution >= 0.6 is 22.9 Å². The molecule has 0 radical (unpaired) electrons. The van der Waals surface area contributed by atoms with Crippen LogP contribution in [0.2, 0.25) is 4.34 Å². The lowest BCUT2D eigenvalue weighted by molar-refractivity contribution is 0.520. The zero-order valence-electron chi connectivity index (χ0n) is 9.87. The molecule has 0 aliphatic rings. The Balaban J connectivity index is 2.21. The maximum Gasteiger partial charge on any atom is 0.245 e. The molecule has 5 nitrogen and oxygen atoms in total. The molecule has 0 unspecified atom stereocenters. The van der Waals surface area contributed by atoms with Crippen LogP contribution in [-0.2, 0) is 16.6 Å². The van der Waals surface area contributed by atoms with Gasteiger partial charge < -0.3 is 0 Å². The van der Waals surface area contributed by atoms with Crippen LogP contribution in [0.1, 0.15) is 4.88 Å². The average Bonchev–Trinajstić information content (AvgIpc) is 2.88. The minimum Gasteiger partial charge on any atom is -0.266 e. The third kappa shape index (κ3) is 2.74. The Kier molecular flexibility index (Phi) is 3.76. The van der Waals surface area contributed by atoms with E-state index in [0.29, 0.717) is 10.9 Å². The zero-order chi connectivity index (χ0) is 13.3. The van der Waals surface area contributed by atoms with E-state index in [9.17, 15) is 8.42 Å². The number of hydrogen-bond donors (Lipinski definition) is 0. The standard InChI is InChI=1S/C10H12ClN3O2S2/c1-13(2)18(15,16)9-5-12-14(7-9)6-8-3-4-10(11)17-8/h3-5,7H,6H2,1-2H3. The van der Waals surface area contributed by atoms with Gasteiger partial charge in [-0.05, 0) is 12.1 Å². The second kappa shape index (κ2) is 5.00. The van der Waals surface area contributed by atoms with E-state index in [2.05, 4.69) is 5.10 Å². The molecule has 0 aliphatic carbocycles. The predicted octanol–water partition coefficient (Wildman–Crippen LogP) is 1.90. The first-order valence-corrected chi connectivity index (χ1v) is 7.72. The van der Waals surface area contributed by atoms with E-state index in [1.54, 1.807) is 4.68 Å².